The summed E-state index contributed by atoms with van der Waals surface area (Å²) < 4.78 is 5.72. The van der Waals surface area contributed by atoms with Crippen molar-refractivity contribution >= 4 is 5.91 Å². The summed E-state index contributed by atoms with van der Waals surface area (Å²) in [6.07, 6.45) is 8.83. The first-order chi connectivity index (χ1) is 9.65. The second-order valence-corrected chi connectivity index (χ2v) is 6.62. The molecule has 116 valence electrons. The summed E-state index contributed by atoms with van der Waals surface area (Å²) in [5.74, 6) is 0.793. The highest BCUT2D eigenvalue weighted by Gasteiger charge is 2.23. The van der Waals surface area contributed by atoms with Crippen LogP contribution in [0, 0.1) is 5.92 Å². The van der Waals surface area contributed by atoms with Crippen molar-refractivity contribution in [1.29, 1.82) is 0 Å². The molecule has 0 aromatic rings. The minimum atomic E-state index is 0.169. The largest absolute Gasteiger partial charge is 0.377 e. The van der Waals surface area contributed by atoms with Gasteiger partial charge in [-0.1, -0.05) is 19.8 Å². The Bertz CT molecular complexity index is 303. The molecular weight excluding hydrogens is 252 g/mol. The number of hydrogen-bond acceptors (Lipinski definition) is 3. The molecule has 0 bridgehead atoms. The first-order valence-electron chi connectivity index (χ1n) is 8.24. The van der Waals surface area contributed by atoms with Crippen LogP contribution < -0.4 is 5.32 Å². The van der Waals surface area contributed by atoms with Gasteiger partial charge >= 0.3 is 0 Å². The average Bonchev–Trinajstić information content (AvgIpc) is 2.42. The van der Waals surface area contributed by atoms with Crippen LogP contribution in [-0.2, 0) is 9.53 Å². The zero-order chi connectivity index (χ0) is 14.4. The molecule has 20 heavy (non-hydrogen) atoms. The number of nitrogens with one attached hydrogen (secondary N) is 1. The van der Waals surface area contributed by atoms with Gasteiger partial charge in [0.05, 0.1) is 12.6 Å². The van der Waals surface area contributed by atoms with Crippen molar-refractivity contribution in [3.05, 3.63) is 0 Å². The predicted octanol–water partition coefficient (Wildman–Crippen LogP) is 2.18. The Balaban J connectivity index is 1.67. The number of carbonyl (C=O) groups is 1. The number of rotatable bonds is 5. The molecular formula is C16H30N2O2. The summed E-state index contributed by atoms with van der Waals surface area (Å²) in [6, 6.07) is 0.385. The van der Waals surface area contributed by atoms with Crippen LogP contribution in [0.4, 0.5) is 0 Å². The van der Waals surface area contributed by atoms with E-state index in [1.807, 2.05) is 7.05 Å². The monoisotopic (exact) mass is 282 g/mol. The van der Waals surface area contributed by atoms with Crippen LogP contribution in [0.3, 0.4) is 0 Å². The minimum absolute atomic E-state index is 0.169. The first kappa shape index (κ1) is 15.8. The van der Waals surface area contributed by atoms with Crippen LogP contribution in [0.1, 0.15) is 51.9 Å². The third-order valence-electron chi connectivity index (χ3n) is 4.66. The average molecular weight is 282 g/mol. The lowest BCUT2D eigenvalue weighted by Gasteiger charge is -2.31. The molecule has 0 spiro atoms. The molecule has 0 radical (unpaired) electrons. The SMILES string of the molecule is C[C@@H]1CCCC[C@@H]1NC(=O)CN(C)C[C@H]1CCCCO1. The Labute approximate surface area is 123 Å². The Hall–Kier alpha value is -0.610. The van der Waals surface area contributed by atoms with Gasteiger partial charge in [-0.25, -0.2) is 0 Å². The first-order valence-corrected chi connectivity index (χ1v) is 8.24. The van der Waals surface area contributed by atoms with Gasteiger partial charge in [0, 0.05) is 19.2 Å². The third-order valence-corrected chi connectivity index (χ3v) is 4.66. The second-order valence-electron chi connectivity index (χ2n) is 6.62. The molecule has 2 aliphatic rings. The van der Waals surface area contributed by atoms with E-state index in [2.05, 4.69) is 17.1 Å². The van der Waals surface area contributed by atoms with E-state index in [9.17, 15) is 4.79 Å². The van der Waals surface area contributed by atoms with E-state index in [0.29, 0.717) is 24.6 Å². The summed E-state index contributed by atoms with van der Waals surface area (Å²) in [4.78, 5) is 14.2. The smallest absolute Gasteiger partial charge is 0.234 e. The van der Waals surface area contributed by atoms with Gasteiger partial charge < -0.3 is 10.1 Å². The maximum Gasteiger partial charge on any atom is 0.234 e. The van der Waals surface area contributed by atoms with E-state index < -0.39 is 0 Å². The van der Waals surface area contributed by atoms with E-state index in [-0.39, 0.29) is 5.91 Å². The lowest BCUT2D eigenvalue weighted by molar-refractivity contribution is -0.123. The van der Waals surface area contributed by atoms with Gasteiger partial charge in [0.25, 0.3) is 0 Å². The quantitative estimate of drug-likeness (QED) is 0.840. The number of hydrogen-bond donors (Lipinski definition) is 1. The molecule has 0 aromatic heterocycles. The van der Waals surface area contributed by atoms with Crippen molar-refractivity contribution in [2.45, 2.75) is 64.0 Å². The predicted molar refractivity (Wildman–Crippen MR) is 80.7 cm³/mol. The second kappa shape index (κ2) is 7.99. The fourth-order valence-electron chi connectivity index (χ4n) is 3.39. The third kappa shape index (κ3) is 5.06. The summed E-state index contributed by atoms with van der Waals surface area (Å²) in [7, 11) is 2.02. The fourth-order valence-corrected chi connectivity index (χ4v) is 3.39. The molecule has 1 N–H and O–H groups in total. The highest BCUT2D eigenvalue weighted by atomic mass is 16.5. The van der Waals surface area contributed by atoms with Crippen molar-refractivity contribution < 1.29 is 9.53 Å². The lowest BCUT2D eigenvalue weighted by Crippen LogP contribution is -2.46. The summed E-state index contributed by atoms with van der Waals surface area (Å²) in [5.41, 5.74) is 0. The lowest BCUT2D eigenvalue weighted by atomic mass is 9.86. The Morgan fingerprint density at radius 2 is 1.95 bits per heavy atom. The van der Waals surface area contributed by atoms with Gasteiger partial charge in [-0.3, -0.25) is 9.69 Å². The highest BCUT2D eigenvalue weighted by Crippen LogP contribution is 2.23. The molecule has 2 fully saturated rings. The minimum Gasteiger partial charge on any atom is -0.377 e. The molecule has 1 aliphatic carbocycles. The molecule has 1 amide bonds. The Morgan fingerprint density at radius 1 is 1.20 bits per heavy atom. The Morgan fingerprint density at radius 3 is 2.65 bits per heavy atom. The van der Waals surface area contributed by atoms with Crippen LogP contribution in [-0.4, -0.2) is 49.7 Å². The zero-order valence-corrected chi connectivity index (χ0v) is 13.1. The van der Waals surface area contributed by atoms with Crippen LogP contribution in [0.25, 0.3) is 0 Å². The molecule has 4 nitrogen and oxygen atoms in total. The zero-order valence-electron chi connectivity index (χ0n) is 13.1. The highest BCUT2D eigenvalue weighted by molar-refractivity contribution is 5.78. The van der Waals surface area contributed by atoms with E-state index in [4.69, 9.17) is 4.74 Å². The van der Waals surface area contributed by atoms with Gasteiger partial charge in [0.1, 0.15) is 0 Å². The maximum atomic E-state index is 12.1. The summed E-state index contributed by atoms with van der Waals surface area (Å²) >= 11 is 0. The van der Waals surface area contributed by atoms with E-state index in [1.165, 1.54) is 32.1 Å². The van der Waals surface area contributed by atoms with E-state index in [1.54, 1.807) is 0 Å². The van der Waals surface area contributed by atoms with E-state index >= 15 is 0 Å². The van der Waals surface area contributed by atoms with Crippen molar-refractivity contribution in [2.75, 3.05) is 26.7 Å². The normalized spacial score (nSPS) is 31.2. The molecule has 0 unspecified atom stereocenters. The van der Waals surface area contributed by atoms with E-state index in [0.717, 1.165) is 26.0 Å². The van der Waals surface area contributed by atoms with Crippen molar-refractivity contribution in [2.24, 2.45) is 5.92 Å². The topological polar surface area (TPSA) is 41.6 Å². The molecule has 4 heteroatoms. The molecule has 1 aliphatic heterocycles. The van der Waals surface area contributed by atoms with Crippen molar-refractivity contribution in [3.63, 3.8) is 0 Å². The van der Waals surface area contributed by atoms with Crippen LogP contribution in [0.15, 0.2) is 0 Å². The van der Waals surface area contributed by atoms with Crippen molar-refractivity contribution in [1.82, 2.24) is 10.2 Å². The standard InChI is InChI=1S/C16H30N2O2/c1-13-7-3-4-9-15(13)17-16(19)12-18(2)11-14-8-5-6-10-20-14/h13-15H,3-12H2,1-2H3,(H,17,19)/t13-,14-,15+/m1/s1. The number of likely N-dealkylation sites (N-methyl/N-ethyl adjacent to an activating group) is 1. The molecule has 1 heterocycles. The van der Waals surface area contributed by atoms with Crippen molar-refractivity contribution in [3.8, 4) is 0 Å². The van der Waals surface area contributed by atoms with Gasteiger partial charge in [-0.05, 0) is 45.1 Å². The molecule has 2 rings (SSSR count). The molecule has 1 saturated heterocycles. The van der Waals surface area contributed by atoms with Crippen LogP contribution >= 0.6 is 0 Å². The number of nitrogens with zero attached hydrogens (tertiary/aromatic N) is 1. The molecule has 1 saturated carbocycles. The summed E-state index contributed by atoms with van der Waals surface area (Å²) in [5, 5.41) is 3.22. The summed E-state index contributed by atoms with van der Waals surface area (Å²) in [6.45, 7) is 4.49. The fraction of sp³-hybridized carbons (Fsp3) is 0.938. The van der Waals surface area contributed by atoms with Gasteiger partial charge in [-0.2, -0.15) is 0 Å². The van der Waals surface area contributed by atoms with Gasteiger partial charge in [0.15, 0.2) is 0 Å². The Kier molecular flexibility index (Phi) is 6.30. The van der Waals surface area contributed by atoms with Crippen LogP contribution in [0.5, 0.6) is 0 Å². The van der Waals surface area contributed by atoms with Gasteiger partial charge in [0.2, 0.25) is 5.91 Å². The number of amides is 1. The van der Waals surface area contributed by atoms with Crippen LogP contribution in [0.2, 0.25) is 0 Å². The maximum absolute atomic E-state index is 12.1. The number of ether oxygens (including phenoxy) is 1. The molecule has 0 aromatic carbocycles. The number of carbonyl (C=O) groups excluding carboxylic acids is 1. The molecule has 3 atom stereocenters. The van der Waals surface area contributed by atoms with Gasteiger partial charge in [-0.15, -0.1) is 0 Å².